The minimum Gasteiger partial charge on any atom is -0.491 e. The van der Waals surface area contributed by atoms with Crippen LogP contribution in [0.4, 0.5) is 5.00 Å². The average molecular weight is 588 g/mol. The molecular formula is C32H33N3O4S2. The number of aromatic nitrogens is 1. The molecule has 7 nitrogen and oxygen atoms in total. The molecule has 1 aliphatic rings. The zero-order valence-electron chi connectivity index (χ0n) is 23.6. The van der Waals surface area contributed by atoms with Crippen LogP contribution in [0.25, 0.3) is 22.2 Å². The Morgan fingerprint density at radius 3 is 2.73 bits per heavy atom. The molecule has 41 heavy (non-hydrogen) atoms. The number of fused-ring (bicyclic) bond motifs is 2. The van der Waals surface area contributed by atoms with Gasteiger partial charge >= 0.3 is 5.97 Å². The van der Waals surface area contributed by atoms with E-state index in [0.717, 1.165) is 41.0 Å². The zero-order valence-corrected chi connectivity index (χ0v) is 25.2. The molecule has 2 aromatic carbocycles. The van der Waals surface area contributed by atoms with Crippen molar-refractivity contribution in [3.8, 4) is 17.0 Å². The van der Waals surface area contributed by atoms with Gasteiger partial charge in [-0.15, -0.1) is 11.3 Å². The van der Waals surface area contributed by atoms with Gasteiger partial charge in [0.15, 0.2) is 5.11 Å². The van der Waals surface area contributed by atoms with Crippen molar-refractivity contribution in [3.05, 3.63) is 76.2 Å². The van der Waals surface area contributed by atoms with E-state index < -0.39 is 0 Å². The summed E-state index contributed by atoms with van der Waals surface area (Å²) in [4.78, 5) is 32.5. The standard InChI is InChI=1S/C32H33N3O4S2/c1-5-38-31(37)28-23-14-13-19(4)15-27(23)41-30(28)35-32(40)34-29(36)24-17-26(33-25-12-7-6-11-22(24)25)20-9-8-10-21(16-20)39-18(2)3/h6-12,16-19H,5,13-15H2,1-4H3,(H2,34,35,36,40). The van der Waals surface area contributed by atoms with Gasteiger partial charge in [-0.3, -0.25) is 10.1 Å². The van der Waals surface area contributed by atoms with E-state index in [9.17, 15) is 9.59 Å². The van der Waals surface area contributed by atoms with Crippen molar-refractivity contribution in [1.82, 2.24) is 10.3 Å². The number of esters is 1. The third-order valence-electron chi connectivity index (χ3n) is 6.91. The molecule has 2 N–H and O–H groups in total. The maximum Gasteiger partial charge on any atom is 0.341 e. The second-order valence-corrected chi connectivity index (χ2v) is 12.0. The number of carbonyl (C=O) groups is 2. The number of nitrogens with zero attached hydrogens (tertiary/aromatic N) is 1. The summed E-state index contributed by atoms with van der Waals surface area (Å²) < 4.78 is 11.2. The highest BCUT2D eigenvalue weighted by Gasteiger charge is 2.29. The van der Waals surface area contributed by atoms with E-state index in [1.54, 1.807) is 13.0 Å². The lowest BCUT2D eigenvalue weighted by atomic mass is 9.88. The SMILES string of the molecule is CCOC(=O)c1c(NC(=S)NC(=O)c2cc(-c3cccc(OC(C)C)c3)nc3ccccc23)sc2c1CCC(C)C2. The molecule has 5 rings (SSSR count). The number of thiocarbonyl (C=S) groups is 1. The lowest BCUT2D eigenvalue weighted by Gasteiger charge is -2.18. The van der Waals surface area contributed by atoms with Gasteiger partial charge in [0.25, 0.3) is 5.91 Å². The smallest absolute Gasteiger partial charge is 0.341 e. The molecule has 0 saturated carbocycles. The summed E-state index contributed by atoms with van der Waals surface area (Å²) in [6.45, 7) is 8.23. The molecule has 1 atom stereocenters. The van der Waals surface area contributed by atoms with E-state index in [0.29, 0.717) is 38.6 Å². The first-order chi connectivity index (χ1) is 19.7. The Morgan fingerprint density at radius 2 is 1.95 bits per heavy atom. The number of hydrogen-bond acceptors (Lipinski definition) is 7. The third-order valence-corrected chi connectivity index (χ3v) is 8.28. The lowest BCUT2D eigenvalue weighted by molar-refractivity contribution is 0.0526. The van der Waals surface area contributed by atoms with Gasteiger partial charge in [0.1, 0.15) is 10.8 Å². The van der Waals surface area contributed by atoms with E-state index in [4.69, 9.17) is 26.7 Å². The van der Waals surface area contributed by atoms with Crippen molar-refractivity contribution >= 4 is 56.4 Å². The van der Waals surface area contributed by atoms with Gasteiger partial charge in [0, 0.05) is 15.8 Å². The maximum absolute atomic E-state index is 13.6. The van der Waals surface area contributed by atoms with Crippen molar-refractivity contribution < 1.29 is 19.1 Å². The van der Waals surface area contributed by atoms with Gasteiger partial charge in [-0.05, 0) is 88.0 Å². The minimum absolute atomic E-state index is 0.0336. The molecule has 1 aliphatic carbocycles. The normalized spacial score (nSPS) is 14.4. The highest BCUT2D eigenvalue weighted by Crippen LogP contribution is 2.40. The number of benzene rings is 2. The summed E-state index contributed by atoms with van der Waals surface area (Å²) in [7, 11) is 0. The Kier molecular flexibility index (Phi) is 8.65. The number of thiophene rings is 1. The number of amides is 1. The van der Waals surface area contributed by atoms with Crippen LogP contribution in [0.1, 0.15) is 65.3 Å². The largest absolute Gasteiger partial charge is 0.491 e. The molecule has 0 bridgehead atoms. The summed E-state index contributed by atoms with van der Waals surface area (Å²) in [6, 6.07) is 16.9. The first-order valence-corrected chi connectivity index (χ1v) is 15.1. The van der Waals surface area contributed by atoms with Crippen LogP contribution in [0.3, 0.4) is 0 Å². The summed E-state index contributed by atoms with van der Waals surface area (Å²) >= 11 is 7.08. The predicted octanol–water partition coefficient (Wildman–Crippen LogP) is 7.18. The van der Waals surface area contributed by atoms with Crippen LogP contribution in [-0.2, 0) is 17.6 Å². The van der Waals surface area contributed by atoms with E-state index >= 15 is 0 Å². The number of nitrogens with one attached hydrogen (secondary N) is 2. The Balaban J connectivity index is 1.43. The van der Waals surface area contributed by atoms with Crippen molar-refractivity contribution in [2.24, 2.45) is 5.92 Å². The molecule has 0 radical (unpaired) electrons. The quantitative estimate of drug-likeness (QED) is 0.175. The summed E-state index contributed by atoms with van der Waals surface area (Å²) in [6.07, 6.45) is 2.77. The fourth-order valence-electron chi connectivity index (χ4n) is 5.07. The maximum atomic E-state index is 13.6. The molecule has 4 aromatic rings. The van der Waals surface area contributed by atoms with Gasteiger partial charge in [-0.1, -0.05) is 37.3 Å². The van der Waals surface area contributed by atoms with E-state index in [1.807, 2.05) is 62.4 Å². The second kappa shape index (κ2) is 12.4. The highest BCUT2D eigenvalue weighted by molar-refractivity contribution is 7.80. The number of para-hydroxylation sites is 1. The Hall–Kier alpha value is -3.82. The Morgan fingerprint density at radius 1 is 1.15 bits per heavy atom. The van der Waals surface area contributed by atoms with Gasteiger partial charge in [0.2, 0.25) is 0 Å². The van der Waals surface area contributed by atoms with Gasteiger partial charge in [-0.25, -0.2) is 9.78 Å². The van der Waals surface area contributed by atoms with Crippen LogP contribution in [0.5, 0.6) is 5.75 Å². The zero-order chi connectivity index (χ0) is 29.1. The molecule has 1 amide bonds. The molecule has 9 heteroatoms. The molecule has 0 saturated heterocycles. The molecule has 0 aliphatic heterocycles. The number of pyridine rings is 1. The molecule has 0 fully saturated rings. The average Bonchev–Trinajstić information content (AvgIpc) is 3.28. The fraction of sp³-hybridized carbons (Fsp3) is 0.312. The topological polar surface area (TPSA) is 89.6 Å². The van der Waals surface area contributed by atoms with Crippen LogP contribution in [0.15, 0.2) is 54.6 Å². The van der Waals surface area contributed by atoms with Crippen molar-refractivity contribution in [2.75, 3.05) is 11.9 Å². The van der Waals surface area contributed by atoms with Crippen LogP contribution in [-0.4, -0.2) is 34.7 Å². The molecule has 0 spiro atoms. The van der Waals surface area contributed by atoms with E-state index in [-0.39, 0.29) is 29.7 Å². The number of carbonyl (C=O) groups excluding carboxylic acids is 2. The number of hydrogen-bond donors (Lipinski definition) is 2. The lowest BCUT2D eigenvalue weighted by Crippen LogP contribution is -2.34. The van der Waals surface area contributed by atoms with Crippen molar-refractivity contribution in [2.45, 2.75) is 53.1 Å². The minimum atomic E-state index is -0.371. The van der Waals surface area contributed by atoms with Gasteiger partial charge in [-0.2, -0.15) is 0 Å². The van der Waals surface area contributed by atoms with Crippen LogP contribution in [0, 0.1) is 5.92 Å². The molecular weight excluding hydrogens is 555 g/mol. The predicted molar refractivity (Wildman–Crippen MR) is 168 cm³/mol. The fourth-order valence-corrected chi connectivity index (χ4v) is 6.74. The Bertz CT molecular complexity index is 1630. The molecule has 1 unspecified atom stereocenters. The van der Waals surface area contributed by atoms with Gasteiger partial charge < -0.3 is 14.8 Å². The Labute approximate surface area is 249 Å². The van der Waals surface area contributed by atoms with Crippen LogP contribution >= 0.6 is 23.6 Å². The molecule has 2 heterocycles. The summed E-state index contributed by atoms with van der Waals surface area (Å²) in [5.41, 5.74) is 4.16. The van der Waals surface area contributed by atoms with Crippen molar-refractivity contribution in [3.63, 3.8) is 0 Å². The third kappa shape index (κ3) is 6.41. The molecule has 2 aromatic heterocycles. The first kappa shape index (κ1) is 28.7. The summed E-state index contributed by atoms with van der Waals surface area (Å²) in [5.74, 6) is 0.533. The molecule has 212 valence electrons. The van der Waals surface area contributed by atoms with Crippen LogP contribution < -0.4 is 15.4 Å². The monoisotopic (exact) mass is 587 g/mol. The van der Waals surface area contributed by atoms with Crippen molar-refractivity contribution in [1.29, 1.82) is 0 Å². The number of rotatable bonds is 7. The number of anilines is 1. The second-order valence-electron chi connectivity index (χ2n) is 10.5. The first-order valence-electron chi connectivity index (χ1n) is 13.8. The van der Waals surface area contributed by atoms with Gasteiger partial charge in [0.05, 0.1) is 35.0 Å². The summed E-state index contributed by atoms with van der Waals surface area (Å²) in [5, 5.41) is 7.38. The van der Waals surface area contributed by atoms with Crippen LogP contribution in [0.2, 0.25) is 0 Å². The number of ether oxygens (including phenoxy) is 2. The van der Waals surface area contributed by atoms with E-state index in [2.05, 4.69) is 17.6 Å². The van der Waals surface area contributed by atoms with E-state index in [1.165, 1.54) is 11.3 Å². The highest BCUT2D eigenvalue weighted by atomic mass is 32.1.